The number of tetrazole rings is 1. The number of carboxylic acids is 2. The number of aromatic amines is 2. The highest BCUT2D eigenvalue weighted by Gasteiger charge is 2.33. The summed E-state index contributed by atoms with van der Waals surface area (Å²) in [4.78, 5) is 23.8. The van der Waals surface area contributed by atoms with Crippen LogP contribution in [0.1, 0.15) is 75.2 Å². The quantitative estimate of drug-likeness (QED) is 0.0200. The van der Waals surface area contributed by atoms with Crippen molar-refractivity contribution < 1.29 is 19.8 Å². The normalized spacial score (nSPS) is 13.5. The van der Waals surface area contributed by atoms with E-state index >= 15 is 0 Å². The number of hydrazine groups is 1. The average Bonchev–Trinajstić information content (AvgIpc) is 4.06. The third-order valence-electron chi connectivity index (χ3n) is 10.2. The Balaban J connectivity index is 0.000000226. The fourth-order valence-electron chi connectivity index (χ4n) is 6.97. The number of nitrogens with one attached hydrogen (secondary N) is 3. The molecule has 0 amide bonds. The minimum atomic E-state index is -0.872. The molecule has 0 aliphatic carbocycles. The third kappa shape index (κ3) is 11.7. The van der Waals surface area contributed by atoms with Gasteiger partial charge in [-0.2, -0.15) is 20.5 Å². The highest BCUT2D eigenvalue weighted by molar-refractivity contribution is 5.87. The summed E-state index contributed by atoms with van der Waals surface area (Å²) in [7, 11) is 0. The predicted molar refractivity (Wildman–Crippen MR) is 221 cm³/mol. The van der Waals surface area contributed by atoms with Crippen LogP contribution in [-0.4, -0.2) is 68.6 Å². The van der Waals surface area contributed by atoms with Crippen molar-refractivity contribution in [3.63, 3.8) is 0 Å². The van der Waals surface area contributed by atoms with Gasteiger partial charge in [0, 0.05) is 35.4 Å². The number of carbonyl (C=O) groups is 2. The first-order chi connectivity index (χ1) is 28.2. The van der Waals surface area contributed by atoms with E-state index in [1.165, 1.54) is 0 Å². The van der Waals surface area contributed by atoms with E-state index in [0.29, 0.717) is 31.5 Å². The van der Waals surface area contributed by atoms with Crippen molar-refractivity contribution >= 4 is 17.8 Å². The number of aliphatic carboxylic acids is 2. The van der Waals surface area contributed by atoms with Crippen molar-refractivity contribution in [1.82, 2.24) is 46.1 Å². The van der Waals surface area contributed by atoms with Gasteiger partial charge in [-0.05, 0) is 60.1 Å². The Bertz CT molecular complexity index is 2140. The number of carboxylic acid groups (broad SMARTS) is 2. The molecule has 304 valence electrons. The van der Waals surface area contributed by atoms with Gasteiger partial charge in [0.25, 0.3) is 0 Å². The topological polar surface area (TPSA) is 252 Å². The lowest BCUT2D eigenvalue weighted by molar-refractivity contribution is -0.144. The van der Waals surface area contributed by atoms with Gasteiger partial charge in [-0.3, -0.25) is 14.7 Å². The molecular formula is C42H52N12O4. The Kier molecular flexibility index (Phi) is 15.8. The Hall–Kier alpha value is -6.68. The second-order valence-electron chi connectivity index (χ2n) is 14.1. The molecule has 0 aliphatic rings. The van der Waals surface area contributed by atoms with Crippen LogP contribution in [0, 0.1) is 17.8 Å². The number of aromatic nitrogens is 8. The summed E-state index contributed by atoms with van der Waals surface area (Å²) in [6.07, 6.45) is 13.1. The number of unbranched alkanes of at least 4 members (excludes halogenated alkanes) is 2. The molecule has 6 rings (SSSR count). The van der Waals surface area contributed by atoms with Gasteiger partial charge in [0.15, 0.2) is 5.82 Å². The van der Waals surface area contributed by atoms with Crippen molar-refractivity contribution in [2.45, 2.75) is 71.1 Å². The molecule has 0 fully saturated rings. The van der Waals surface area contributed by atoms with Gasteiger partial charge in [0.2, 0.25) is 0 Å². The molecule has 16 heteroatoms. The molecule has 3 heterocycles. The molecule has 0 unspecified atom stereocenters. The zero-order valence-corrected chi connectivity index (χ0v) is 32.8. The number of nitrogens with two attached hydrogens (primary N) is 2. The number of rotatable bonds is 20. The van der Waals surface area contributed by atoms with E-state index in [-0.39, 0.29) is 11.8 Å². The Morgan fingerprint density at radius 1 is 0.793 bits per heavy atom. The summed E-state index contributed by atoms with van der Waals surface area (Å²) in [5.74, 6) is 2.31. The van der Waals surface area contributed by atoms with Crippen molar-refractivity contribution in [3.8, 4) is 27.9 Å². The number of para-hydroxylation sites is 1. The van der Waals surface area contributed by atoms with Crippen molar-refractivity contribution in [2.24, 2.45) is 34.4 Å². The van der Waals surface area contributed by atoms with Crippen LogP contribution in [0.5, 0.6) is 0 Å². The lowest BCUT2D eigenvalue weighted by Crippen LogP contribution is -2.38. The summed E-state index contributed by atoms with van der Waals surface area (Å²) in [5, 5.41) is 48.8. The fourth-order valence-corrected chi connectivity index (χ4v) is 6.97. The minimum absolute atomic E-state index is 0.198. The highest BCUT2D eigenvalue weighted by Crippen LogP contribution is 2.31. The molecule has 0 bridgehead atoms. The molecule has 3 aromatic heterocycles. The van der Waals surface area contributed by atoms with Crippen LogP contribution in [0.15, 0.2) is 109 Å². The Morgan fingerprint density at radius 3 is 1.97 bits per heavy atom. The van der Waals surface area contributed by atoms with E-state index < -0.39 is 29.7 Å². The molecule has 0 saturated heterocycles. The molecule has 0 radical (unpaired) electrons. The number of H-pyrrole nitrogens is 2. The van der Waals surface area contributed by atoms with Gasteiger partial charge in [-0.25, -0.2) is 16.1 Å². The van der Waals surface area contributed by atoms with Crippen LogP contribution in [-0.2, 0) is 22.4 Å². The molecule has 0 aliphatic heterocycles. The van der Waals surface area contributed by atoms with Gasteiger partial charge >= 0.3 is 11.9 Å². The molecule has 9 N–H and O–H groups in total. The van der Waals surface area contributed by atoms with E-state index in [9.17, 15) is 19.8 Å². The van der Waals surface area contributed by atoms with E-state index in [1.807, 2.05) is 109 Å². The van der Waals surface area contributed by atoms with E-state index in [0.717, 1.165) is 64.8 Å². The first-order valence-electron chi connectivity index (χ1n) is 19.5. The van der Waals surface area contributed by atoms with Gasteiger partial charge < -0.3 is 15.9 Å². The zero-order valence-electron chi connectivity index (χ0n) is 32.8. The minimum Gasteiger partial charge on any atom is -0.481 e. The van der Waals surface area contributed by atoms with E-state index in [4.69, 9.17) is 11.6 Å². The van der Waals surface area contributed by atoms with E-state index in [2.05, 4.69) is 53.5 Å². The van der Waals surface area contributed by atoms with Crippen molar-refractivity contribution in [2.75, 3.05) is 0 Å². The van der Waals surface area contributed by atoms with Gasteiger partial charge in [0.1, 0.15) is 5.84 Å². The molecule has 0 saturated carbocycles. The molecular weight excluding hydrogens is 737 g/mol. The molecule has 6 aromatic rings. The first-order valence-corrected chi connectivity index (χ1v) is 19.5. The molecule has 16 nitrogen and oxygen atoms in total. The third-order valence-corrected chi connectivity index (χ3v) is 10.2. The average molecular weight is 789 g/mol. The van der Waals surface area contributed by atoms with Crippen LogP contribution in [0.4, 0.5) is 0 Å². The lowest BCUT2D eigenvalue weighted by atomic mass is 9.82. The number of hydrogen-bond acceptors (Lipinski definition) is 10. The molecule has 4 atom stereocenters. The van der Waals surface area contributed by atoms with Crippen molar-refractivity contribution in [1.29, 1.82) is 0 Å². The number of benzene rings is 3. The van der Waals surface area contributed by atoms with E-state index in [1.54, 1.807) is 6.20 Å². The van der Waals surface area contributed by atoms with Crippen LogP contribution in [0.2, 0.25) is 0 Å². The summed E-state index contributed by atoms with van der Waals surface area (Å²) in [6.45, 7) is 4.09. The monoisotopic (exact) mass is 788 g/mol. The maximum atomic E-state index is 11.9. The zero-order chi connectivity index (χ0) is 41.3. The van der Waals surface area contributed by atoms with Crippen LogP contribution in [0.25, 0.3) is 27.9 Å². The SMILES string of the molecule is CCCC[C@@H](C(=O)O)[C@@H](Cc1ccc(-c2cn[nH]c2)cc1)c1nn[nH]n1.CCCC[C@@H](C(=O)O)[C@@H](Cc1ccc(-c2cnn(-c3ccccc3)c2)cc1)/C(N)=N/NN. The second kappa shape index (κ2) is 21.6. The Labute approximate surface area is 337 Å². The predicted octanol–water partition coefficient (Wildman–Crippen LogP) is 6.13. The van der Waals surface area contributed by atoms with Crippen LogP contribution in [0.3, 0.4) is 0 Å². The Morgan fingerprint density at radius 2 is 1.41 bits per heavy atom. The van der Waals surface area contributed by atoms with Crippen LogP contribution >= 0.6 is 0 Å². The fraction of sp³-hybridized carbons (Fsp3) is 0.333. The number of nitrogens with zero attached hydrogens (tertiary/aromatic N) is 7. The maximum Gasteiger partial charge on any atom is 0.307 e. The highest BCUT2D eigenvalue weighted by atomic mass is 16.4. The smallest absolute Gasteiger partial charge is 0.307 e. The summed E-state index contributed by atoms with van der Waals surface area (Å²) >= 11 is 0. The second-order valence-corrected chi connectivity index (χ2v) is 14.1. The summed E-state index contributed by atoms with van der Waals surface area (Å²) < 4.78 is 1.83. The number of hydrogen-bond donors (Lipinski definition) is 7. The largest absolute Gasteiger partial charge is 0.481 e. The number of hydrazone groups is 1. The molecule has 0 spiro atoms. The maximum absolute atomic E-state index is 11.9. The first kappa shape index (κ1) is 42.5. The summed E-state index contributed by atoms with van der Waals surface area (Å²) in [5.41, 5.74) is 15.4. The van der Waals surface area contributed by atoms with Crippen LogP contribution < -0.4 is 17.1 Å². The molecule has 58 heavy (non-hydrogen) atoms. The summed E-state index contributed by atoms with van der Waals surface area (Å²) in [6, 6.07) is 26.0. The number of amidine groups is 1. The molecule has 3 aromatic carbocycles. The van der Waals surface area contributed by atoms with Gasteiger partial charge in [-0.15, -0.1) is 10.2 Å². The standard InChI is InChI=1S/C24H30N6O2.C18H22N6O2/c1-2-3-9-21(24(31)32)22(23(25)28-29-26)14-17-10-12-18(13-11-17)19-15-27-30(16-19)20-7-5-4-6-8-20;1-2-3-4-15(18(25)26)16(17-21-23-24-22-17)9-12-5-7-13(8-6-12)14-10-19-20-11-14/h4-8,10-13,15-16,21-22,29H,2-3,9,14,26H2,1H3,(H2,25,28)(H,31,32);5-8,10-11,15-16H,2-4,9H2,1H3,(H,19,20)(H,25,26)(H,21,22,23,24)/t21-,22-;15-,16-/m11/s1. The van der Waals surface area contributed by atoms with Gasteiger partial charge in [-0.1, -0.05) is 111 Å². The van der Waals surface area contributed by atoms with Gasteiger partial charge in [0.05, 0.1) is 29.9 Å². The lowest BCUT2D eigenvalue weighted by Gasteiger charge is -2.23. The van der Waals surface area contributed by atoms with Crippen molar-refractivity contribution in [3.05, 3.63) is 121 Å².